The zero-order chi connectivity index (χ0) is 10.7. The second-order valence-corrected chi connectivity index (χ2v) is 3.46. The number of hydrogen-bond donors (Lipinski definition) is 3. The van der Waals surface area contributed by atoms with Gasteiger partial charge in [0.2, 0.25) is 0 Å². The van der Waals surface area contributed by atoms with E-state index >= 15 is 0 Å². The largest absolute Gasteiger partial charge is 0.465 e. The topological polar surface area (TPSA) is 101 Å². The molecule has 14 heavy (non-hydrogen) atoms. The fraction of sp³-hybridized carbons (Fsp3) is 0.286. The van der Waals surface area contributed by atoms with Crippen LogP contribution in [0.3, 0.4) is 0 Å². The van der Waals surface area contributed by atoms with Gasteiger partial charge in [-0.1, -0.05) is 11.3 Å². The van der Waals surface area contributed by atoms with Crippen molar-refractivity contribution in [3.63, 3.8) is 0 Å². The summed E-state index contributed by atoms with van der Waals surface area (Å²) in [5.41, 5.74) is 5.68. The van der Waals surface area contributed by atoms with Crippen molar-refractivity contribution in [3.05, 3.63) is 10.6 Å². The predicted molar refractivity (Wildman–Crippen MR) is 53.7 cm³/mol. The van der Waals surface area contributed by atoms with Crippen LogP contribution in [0.25, 0.3) is 0 Å². The van der Waals surface area contributed by atoms with E-state index in [1.165, 1.54) is 7.11 Å². The third-order valence-electron chi connectivity index (χ3n) is 1.41. The minimum atomic E-state index is -0.434. The summed E-state index contributed by atoms with van der Waals surface area (Å²) < 4.78 is 4.55. The lowest BCUT2D eigenvalue weighted by Crippen LogP contribution is -2.20. The molecule has 76 valence electrons. The molecule has 1 rings (SSSR count). The van der Waals surface area contributed by atoms with Crippen molar-refractivity contribution in [2.24, 2.45) is 5.73 Å². The Kier molecular flexibility index (Phi) is 3.03. The number of nitrogens with zero attached hydrogens (tertiary/aromatic N) is 1. The highest BCUT2D eigenvalue weighted by Gasteiger charge is 2.15. The molecule has 1 heterocycles. The van der Waals surface area contributed by atoms with Gasteiger partial charge in [-0.05, 0) is 6.92 Å². The lowest BCUT2D eigenvalue weighted by Gasteiger charge is -1.95. The van der Waals surface area contributed by atoms with Gasteiger partial charge in [0.05, 0.1) is 12.8 Å². The molecule has 0 aliphatic rings. The zero-order valence-corrected chi connectivity index (χ0v) is 8.57. The molecule has 0 bridgehead atoms. The first-order valence-corrected chi connectivity index (χ1v) is 4.53. The number of hydrogen-bond acceptors (Lipinski definition) is 5. The second kappa shape index (κ2) is 4.05. The van der Waals surface area contributed by atoms with Crippen LogP contribution in [-0.4, -0.2) is 24.0 Å². The number of carbonyl (C=O) groups is 1. The molecule has 0 radical (unpaired) electrons. The highest BCUT2D eigenvalue weighted by molar-refractivity contribution is 7.17. The Balaban J connectivity index is 2.93. The minimum absolute atomic E-state index is 0.213. The van der Waals surface area contributed by atoms with E-state index < -0.39 is 5.97 Å². The van der Waals surface area contributed by atoms with Crippen LogP contribution in [0.5, 0.6) is 0 Å². The average Bonchev–Trinajstić information content (AvgIpc) is 2.44. The molecule has 0 aliphatic heterocycles. The molecule has 1 aromatic rings. The van der Waals surface area contributed by atoms with Gasteiger partial charge in [-0.15, -0.1) is 0 Å². The molecular formula is C7H10N4O2S. The first-order valence-electron chi connectivity index (χ1n) is 3.71. The molecule has 6 nitrogen and oxygen atoms in total. The van der Waals surface area contributed by atoms with Crippen LogP contribution < -0.4 is 11.1 Å². The Hall–Kier alpha value is -1.63. The maximum Gasteiger partial charge on any atom is 0.350 e. The normalized spacial score (nSPS) is 9.57. The van der Waals surface area contributed by atoms with Crippen molar-refractivity contribution in [1.29, 1.82) is 5.41 Å². The molecule has 0 spiro atoms. The van der Waals surface area contributed by atoms with Crippen molar-refractivity contribution in [2.45, 2.75) is 6.92 Å². The Bertz CT molecular complexity index is 374. The number of nitrogens with two attached hydrogens (primary N) is 1. The predicted octanol–water partition coefficient (Wildman–Crippen LogP) is 0.543. The smallest absolute Gasteiger partial charge is 0.350 e. The van der Waals surface area contributed by atoms with Gasteiger partial charge in [0.1, 0.15) is 4.88 Å². The van der Waals surface area contributed by atoms with Gasteiger partial charge in [0, 0.05) is 0 Å². The summed E-state index contributed by atoms with van der Waals surface area (Å²) in [6.07, 6.45) is 0. The van der Waals surface area contributed by atoms with E-state index in [2.05, 4.69) is 15.0 Å². The molecular weight excluding hydrogens is 204 g/mol. The fourth-order valence-corrected chi connectivity index (χ4v) is 1.74. The summed E-state index contributed by atoms with van der Waals surface area (Å²) in [6, 6.07) is 0. The van der Waals surface area contributed by atoms with Gasteiger partial charge in [-0.3, -0.25) is 5.41 Å². The van der Waals surface area contributed by atoms with E-state index in [0.717, 1.165) is 11.3 Å². The van der Waals surface area contributed by atoms with Crippen molar-refractivity contribution in [3.8, 4) is 0 Å². The summed E-state index contributed by atoms with van der Waals surface area (Å²) in [4.78, 5) is 15.6. The first-order chi connectivity index (χ1) is 6.54. The monoisotopic (exact) mass is 214 g/mol. The number of methoxy groups -OCH3 is 1. The maximum atomic E-state index is 11.2. The minimum Gasteiger partial charge on any atom is -0.465 e. The molecule has 4 N–H and O–H groups in total. The molecule has 0 amide bonds. The van der Waals surface area contributed by atoms with E-state index in [9.17, 15) is 4.79 Å². The van der Waals surface area contributed by atoms with Crippen molar-refractivity contribution in [2.75, 3.05) is 12.4 Å². The molecule has 0 fully saturated rings. The number of ether oxygens (including phenoxy) is 1. The van der Waals surface area contributed by atoms with E-state index in [1.54, 1.807) is 6.92 Å². The van der Waals surface area contributed by atoms with E-state index in [-0.39, 0.29) is 5.96 Å². The van der Waals surface area contributed by atoms with Crippen LogP contribution in [0.15, 0.2) is 0 Å². The third-order valence-corrected chi connectivity index (χ3v) is 2.46. The summed E-state index contributed by atoms with van der Waals surface area (Å²) >= 11 is 1.10. The van der Waals surface area contributed by atoms with Crippen molar-refractivity contribution < 1.29 is 9.53 Å². The third kappa shape index (κ3) is 2.19. The van der Waals surface area contributed by atoms with Crippen molar-refractivity contribution in [1.82, 2.24) is 4.98 Å². The quantitative estimate of drug-likeness (QED) is 0.379. The molecule has 0 saturated heterocycles. The van der Waals surface area contributed by atoms with Crippen molar-refractivity contribution >= 4 is 28.4 Å². The highest BCUT2D eigenvalue weighted by Crippen LogP contribution is 2.22. The second-order valence-electron chi connectivity index (χ2n) is 2.46. The summed E-state index contributed by atoms with van der Waals surface area (Å²) in [5.74, 6) is -0.647. The standard InChI is InChI=1S/C7H10N4O2S/c1-3-4(5(12)13-2)14-7(10-3)11-6(8)9/h1-2H3,(H4,8,9,10,11). The van der Waals surface area contributed by atoms with Crippen LogP contribution in [0.1, 0.15) is 15.4 Å². The van der Waals surface area contributed by atoms with Gasteiger partial charge in [0.25, 0.3) is 0 Å². The lowest BCUT2D eigenvalue weighted by atomic mass is 10.4. The maximum absolute atomic E-state index is 11.2. The van der Waals surface area contributed by atoms with Gasteiger partial charge < -0.3 is 15.8 Å². The molecule has 0 atom stereocenters. The molecule has 0 unspecified atom stereocenters. The number of esters is 1. The van der Waals surface area contributed by atoms with Crippen LogP contribution in [-0.2, 0) is 4.74 Å². The van der Waals surface area contributed by atoms with Gasteiger partial charge >= 0.3 is 5.97 Å². The Morgan fingerprint density at radius 1 is 1.71 bits per heavy atom. The lowest BCUT2D eigenvalue weighted by molar-refractivity contribution is 0.0605. The van der Waals surface area contributed by atoms with Crippen LogP contribution in [0.4, 0.5) is 5.13 Å². The number of rotatable bonds is 2. The van der Waals surface area contributed by atoms with E-state index in [1.807, 2.05) is 0 Å². The Morgan fingerprint density at radius 3 is 2.86 bits per heavy atom. The van der Waals surface area contributed by atoms with E-state index in [0.29, 0.717) is 15.7 Å². The summed E-state index contributed by atoms with van der Waals surface area (Å²) in [5, 5.41) is 9.90. The summed E-state index contributed by atoms with van der Waals surface area (Å²) in [6.45, 7) is 1.69. The molecule has 0 saturated carbocycles. The molecule has 7 heteroatoms. The number of carbonyl (C=O) groups excluding carboxylic acids is 1. The molecule has 0 aliphatic carbocycles. The van der Waals surface area contributed by atoms with Crippen LogP contribution >= 0.6 is 11.3 Å². The van der Waals surface area contributed by atoms with Gasteiger partial charge in [-0.2, -0.15) is 0 Å². The highest BCUT2D eigenvalue weighted by atomic mass is 32.1. The van der Waals surface area contributed by atoms with Gasteiger partial charge in [0.15, 0.2) is 11.1 Å². The number of thiazole rings is 1. The number of guanidine groups is 1. The number of nitrogens with one attached hydrogen (secondary N) is 2. The Morgan fingerprint density at radius 2 is 2.36 bits per heavy atom. The molecule has 1 aromatic heterocycles. The Labute approximate surface area is 84.6 Å². The summed E-state index contributed by atoms with van der Waals surface area (Å²) in [7, 11) is 1.31. The van der Waals surface area contributed by atoms with Gasteiger partial charge in [-0.25, -0.2) is 9.78 Å². The van der Waals surface area contributed by atoms with E-state index in [4.69, 9.17) is 11.1 Å². The number of aromatic nitrogens is 1. The zero-order valence-electron chi connectivity index (χ0n) is 7.75. The average molecular weight is 214 g/mol. The number of aryl methyl sites for hydroxylation is 1. The van der Waals surface area contributed by atoms with Crippen LogP contribution in [0, 0.1) is 12.3 Å². The fourth-order valence-electron chi connectivity index (χ4n) is 0.847. The number of anilines is 1. The van der Waals surface area contributed by atoms with Crippen LogP contribution in [0.2, 0.25) is 0 Å². The SMILES string of the molecule is COC(=O)c1sc(NC(=N)N)nc1C. The molecule has 0 aromatic carbocycles. The first kappa shape index (κ1) is 10.5.